The monoisotopic (exact) mass is 237 g/mol. The number of rotatable bonds is 2. The molecule has 0 aliphatic heterocycles. The molecule has 5 heteroatoms. The van der Waals surface area contributed by atoms with Crippen LogP contribution in [0.2, 0.25) is 0 Å². The van der Waals surface area contributed by atoms with Gasteiger partial charge in [0.05, 0.1) is 22.9 Å². The summed E-state index contributed by atoms with van der Waals surface area (Å²) in [6.45, 7) is 3.80. The van der Waals surface area contributed by atoms with E-state index in [2.05, 4.69) is 9.97 Å². The molecule has 0 bridgehead atoms. The van der Waals surface area contributed by atoms with Crippen LogP contribution >= 0.6 is 11.3 Å². The second-order valence-corrected chi connectivity index (χ2v) is 4.79. The van der Waals surface area contributed by atoms with Crippen LogP contribution in [0.1, 0.15) is 27.2 Å². The Bertz CT molecular complexity index is 510. The van der Waals surface area contributed by atoms with Crippen LogP contribution in [0.3, 0.4) is 0 Å². The minimum absolute atomic E-state index is 0.375. The zero-order chi connectivity index (χ0) is 11.7. The number of nitrogens with two attached hydrogens (primary N) is 1. The Morgan fingerprint density at radius 1 is 1.44 bits per heavy atom. The van der Waals surface area contributed by atoms with Gasteiger partial charge < -0.3 is 5.73 Å². The van der Waals surface area contributed by atoms with E-state index in [0.717, 1.165) is 15.6 Å². The van der Waals surface area contributed by atoms with Gasteiger partial charge in [-0.05, 0) is 19.9 Å². The van der Waals surface area contributed by atoms with Gasteiger partial charge in [-0.25, -0.2) is 9.37 Å². The lowest BCUT2D eigenvalue weighted by atomic mass is 10.1. The largest absolute Gasteiger partial charge is 0.319 e. The van der Waals surface area contributed by atoms with Gasteiger partial charge in [0.15, 0.2) is 0 Å². The standard InChI is InChI=1S/C11H12FN3S/c1-6-11(16-7(2)15-6)10(13)8-3-4-14-5-9(8)12/h3-5,10H,13H2,1-2H3. The molecule has 0 fully saturated rings. The predicted molar refractivity (Wildman–Crippen MR) is 61.8 cm³/mol. The average Bonchev–Trinajstić information content (AvgIpc) is 2.58. The van der Waals surface area contributed by atoms with Gasteiger partial charge in [-0.15, -0.1) is 11.3 Å². The zero-order valence-corrected chi connectivity index (χ0v) is 9.88. The van der Waals surface area contributed by atoms with Crippen LogP contribution < -0.4 is 5.73 Å². The number of halogens is 1. The van der Waals surface area contributed by atoms with Gasteiger partial charge in [-0.1, -0.05) is 0 Å². The van der Waals surface area contributed by atoms with Gasteiger partial charge in [-0.3, -0.25) is 4.98 Å². The summed E-state index contributed by atoms with van der Waals surface area (Å²) in [4.78, 5) is 8.90. The minimum atomic E-state index is -0.464. The highest BCUT2D eigenvalue weighted by Crippen LogP contribution is 2.28. The second kappa shape index (κ2) is 4.27. The van der Waals surface area contributed by atoms with Gasteiger partial charge in [0.2, 0.25) is 0 Å². The molecule has 0 aliphatic rings. The number of thiazole rings is 1. The molecule has 3 nitrogen and oxygen atoms in total. The Hall–Kier alpha value is -1.33. The van der Waals surface area contributed by atoms with Crippen molar-refractivity contribution in [3.05, 3.63) is 45.4 Å². The Kier molecular flexibility index (Phi) is 2.98. The van der Waals surface area contributed by atoms with Gasteiger partial charge in [0, 0.05) is 16.6 Å². The maximum Gasteiger partial charge on any atom is 0.146 e. The number of hydrogen-bond donors (Lipinski definition) is 1. The molecule has 2 aromatic rings. The predicted octanol–water partition coefficient (Wildman–Crippen LogP) is 2.34. The number of nitrogens with zero attached hydrogens (tertiary/aromatic N) is 2. The number of aryl methyl sites for hydroxylation is 2. The van der Waals surface area contributed by atoms with Gasteiger partial charge in [-0.2, -0.15) is 0 Å². The summed E-state index contributed by atoms with van der Waals surface area (Å²) in [5, 5.41) is 0.942. The third kappa shape index (κ3) is 1.96. The molecule has 84 valence electrons. The fraction of sp³-hybridized carbons (Fsp3) is 0.273. The highest BCUT2D eigenvalue weighted by Gasteiger charge is 2.18. The van der Waals surface area contributed by atoms with E-state index in [0.29, 0.717) is 5.56 Å². The summed E-state index contributed by atoms with van der Waals surface area (Å²) >= 11 is 1.50. The van der Waals surface area contributed by atoms with E-state index in [1.807, 2.05) is 13.8 Å². The van der Waals surface area contributed by atoms with Crippen molar-refractivity contribution < 1.29 is 4.39 Å². The van der Waals surface area contributed by atoms with Crippen LogP contribution in [0.4, 0.5) is 4.39 Å². The molecule has 0 aliphatic carbocycles. The molecule has 0 spiro atoms. The van der Waals surface area contributed by atoms with Crippen LogP contribution in [0.15, 0.2) is 18.5 Å². The highest BCUT2D eigenvalue weighted by molar-refractivity contribution is 7.11. The molecule has 2 rings (SSSR count). The molecule has 2 N–H and O–H groups in total. The van der Waals surface area contributed by atoms with Gasteiger partial charge in [0.1, 0.15) is 5.82 Å². The van der Waals surface area contributed by atoms with Crippen molar-refractivity contribution in [3.8, 4) is 0 Å². The van der Waals surface area contributed by atoms with Gasteiger partial charge in [0.25, 0.3) is 0 Å². The Morgan fingerprint density at radius 3 is 2.75 bits per heavy atom. The van der Waals surface area contributed by atoms with Crippen molar-refractivity contribution in [2.45, 2.75) is 19.9 Å². The van der Waals surface area contributed by atoms with Crippen molar-refractivity contribution in [2.24, 2.45) is 5.73 Å². The van der Waals surface area contributed by atoms with Crippen LogP contribution in [0.25, 0.3) is 0 Å². The van der Waals surface area contributed by atoms with E-state index in [1.54, 1.807) is 12.3 Å². The summed E-state index contributed by atoms with van der Waals surface area (Å²) in [7, 11) is 0. The lowest BCUT2D eigenvalue weighted by molar-refractivity contribution is 0.594. The molecular weight excluding hydrogens is 225 g/mol. The molecule has 16 heavy (non-hydrogen) atoms. The van der Waals surface area contributed by atoms with Crippen molar-refractivity contribution in [2.75, 3.05) is 0 Å². The van der Waals surface area contributed by atoms with Gasteiger partial charge >= 0.3 is 0 Å². The molecule has 0 saturated carbocycles. The molecule has 0 saturated heterocycles. The summed E-state index contributed by atoms with van der Waals surface area (Å²) in [6, 6.07) is 1.14. The number of hydrogen-bond acceptors (Lipinski definition) is 4. The van der Waals surface area contributed by atoms with Crippen LogP contribution in [0, 0.1) is 19.7 Å². The maximum absolute atomic E-state index is 13.5. The van der Waals surface area contributed by atoms with Crippen molar-refractivity contribution in [1.82, 2.24) is 9.97 Å². The molecule has 0 amide bonds. The fourth-order valence-corrected chi connectivity index (χ4v) is 2.56. The van der Waals surface area contributed by atoms with E-state index in [1.165, 1.54) is 17.5 Å². The lowest BCUT2D eigenvalue weighted by Gasteiger charge is -2.11. The first-order valence-corrected chi connectivity index (χ1v) is 5.70. The highest BCUT2D eigenvalue weighted by atomic mass is 32.1. The first-order chi connectivity index (χ1) is 7.59. The van der Waals surface area contributed by atoms with Crippen LogP contribution in [-0.4, -0.2) is 9.97 Å². The Labute approximate surface area is 97.2 Å². The third-order valence-corrected chi connectivity index (χ3v) is 3.52. The van der Waals surface area contributed by atoms with E-state index < -0.39 is 6.04 Å². The summed E-state index contributed by atoms with van der Waals surface area (Å²) < 4.78 is 13.5. The topological polar surface area (TPSA) is 51.8 Å². The van der Waals surface area contributed by atoms with Crippen molar-refractivity contribution in [3.63, 3.8) is 0 Å². The van der Waals surface area contributed by atoms with E-state index in [4.69, 9.17) is 5.73 Å². The fourth-order valence-electron chi connectivity index (χ4n) is 1.62. The molecule has 2 heterocycles. The maximum atomic E-state index is 13.5. The number of aromatic nitrogens is 2. The second-order valence-electron chi connectivity index (χ2n) is 3.56. The molecular formula is C11H12FN3S. The molecule has 1 atom stereocenters. The molecule has 2 aromatic heterocycles. The van der Waals surface area contributed by atoms with Crippen molar-refractivity contribution >= 4 is 11.3 Å². The Balaban J connectivity index is 2.43. The van der Waals surface area contributed by atoms with E-state index in [-0.39, 0.29) is 5.82 Å². The average molecular weight is 237 g/mol. The van der Waals surface area contributed by atoms with Crippen LogP contribution in [0.5, 0.6) is 0 Å². The lowest BCUT2D eigenvalue weighted by Crippen LogP contribution is -2.13. The number of pyridine rings is 1. The molecule has 0 radical (unpaired) electrons. The summed E-state index contributed by atoms with van der Waals surface area (Å²) in [5.41, 5.74) is 7.36. The Morgan fingerprint density at radius 2 is 2.19 bits per heavy atom. The minimum Gasteiger partial charge on any atom is -0.319 e. The van der Waals surface area contributed by atoms with Crippen molar-refractivity contribution in [1.29, 1.82) is 0 Å². The quantitative estimate of drug-likeness (QED) is 0.872. The molecule has 0 aromatic carbocycles. The SMILES string of the molecule is Cc1nc(C)c(C(N)c2ccncc2F)s1. The summed E-state index contributed by atoms with van der Waals surface area (Å²) in [5.74, 6) is -0.375. The smallest absolute Gasteiger partial charge is 0.146 e. The van der Waals surface area contributed by atoms with Crippen LogP contribution in [-0.2, 0) is 0 Å². The summed E-state index contributed by atoms with van der Waals surface area (Å²) in [6.07, 6.45) is 2.72. The first-order valence-electron chi connectivity index (χ1n) is 4.88. The first kappa shape index (κ1) is 11.2. The van der Waals surface area contributed by atoms with E-state index >= 15 is 0 Å². The molecule has 1 unspecified atom stereocenters. The van der Waals surface area contributed by atoms with E-state index in [9.17, 15) is 4.39 Å². The normalized spacial score (nSPS) is 12.8. The zero-order valence-electron chi connectivity index (χ0n) is 9.07. The third-order valence-electron chi connectivity index (χ3n) is 2.36.